The zero-order chi connectivity index (χ0) is 23.2. The number of carbonyl (C=O) groups excluding carboxylic acids is 1. The Bertz CT molecular complexity index is 979. The van der Waals surface area contributed by atoms with Gasteiger partial charge in [-0.2, -0.15) is 0 Å². The van der Waals surface area contributed by atoms with Gasteiger partial charge in [-0.05, 0) is 62.6 Å². The maximum absolute atomic E-state index is 12.4. The molecule has 2 fully saturated rings. The fourth-order valence-corrected chi connectivity index (χ4v) is 4.79. The van der Waals surface area contributed by atoms with Crippen molar-refractivity contribution in [3.8, 4) is 5.75 Å². The number of carbonyl (C=O) groups is 2. The van der Waals surface area contributed by atoms with Gasteiger partial charge in [0.25, 0.3) is 0 Å². The zero-order valence-electron chi connectivity index (χ0n) is 21.2. The van der Waals surface area contributed by atoms with E-state index >= 15 is 0 Å². The van der Waals surface area contributed by atoms with Crippen LogP contribution in [0, 0.1) is 18.8 Å². The summed E-state index contributed by atoms with van der Waals surface area (Å²) in [6.45, 7) is 5.53. The number of aryl methyl sites for hydroxylation is 1. The third-order valence-corrected chi connectivity index (χ3v) is 6.83. The van der Waals surface area contributed by atoms with Crippen molar-refractivity contribution >= 4 is 17.9 Å². The van der Waals surface area contributed by atoms with Gasteiger partial charge in [0, 0.05) is 38.1 Å². The number of carboxylic acid groups (broad SMARTS) is 1. The number of pyridine rings is 2. The topological polar surface area (TPSA) is 95.9 Å². The molecule has 9 heteroatoms. The smallest absolute Gasteiger partial charge is 1.00 e. The molecule has 0 unspecified atom stereocenters. The normalized spacial score (nSPS) is 17.2. The Kier molecular flexibility index (Phi) is 9.74. The minimum Gasteiger partial charge on any atom is -1.00 e. The van der Waals surface area contributed by atoms with Crippen molar-refractivity contribution in [2.24, 2.45) is 11.8 Å². The van der Waals surface area contributed by atoms with Crippen LogP contribution < -0.4 is 39.2 Å². The van der Waals surface area contributed by atoms with Gasteiger partial charge in [0.1, 0.15) is 5.82 Å². The molecule has 0 saturated carbocycles. The van der Waals surface area contributed by atoms with Gasteiger partial charge >= 0.3 is 41.6 Å². The molecular weight excluding hydrogens is 443 g/mol. The average molecular weight is 477 g/mol. The summed E-state index contributed by atoms with van der Waals surface area (Å²) in [6, 6.07) is 7.54. The Hall–Kier alpha value is -2.16. The van der Waals surface area contributed by atoms with Crippen LogP contribution in [-0.2, 0) is 0 Å². The molecule has 1 amide bonds. The van der Waals surface area contributed by atoms with Crippen LogP contribution in [0.4, 0.5) is 10.6 Å². The molecule has 0 aliphatic carbocycles. The third-order valence-electron chi connectivity index (χ3n) is 6.83. The number of carboxylic acids is 1. The van der Waals surface area contributed by atoms with Crippen LogP contribution in [0.15, 0.2) is 36.7 Å². The second-order valence-electron chi connectivity index (χ2n) is 9.16. The number of aromatic nitrogens is 2. The molecule has 0 bridgehead atoms. The number of ether oxygens (including phenoxy) is 1. The van der Waals surface area contributed by atoms with Gasteiger partial charge in [0.2, 0.25) is 0 Å². The summed E-state index contributed by atoms with van der Waals surface area (Å²) < 4.78 is 5.34. The quantitative estimate of drug-likeness (QED) is 0.632. The van der Waals surface area contributed by atoms with Gasteiger partial charge in [-0.3, -0.25) is 4.98 Å². The van der Waals surface area contributed by atoms with Gasteiger partial charge < -0.3 is 21.1 Å². The Labute approximate surface area is 224 Å². The van der Waals surface area contributed by atoms with Crippen molar-refractivity contribution in [3.63, 3.8) is 0 Å². The van der Waals surface area contributed by atoms with E-state index in [1.54, 1.807) is 4.90 Å². The van der Waals surface area contributed by atoms with Gasteiger partial charge in [-0.15, -0.1) is 0 Å². The summed E-state index contributed by atoms with van der Waals surface area (Å²) in [5.74, 6) is 1.57. The van der Waals surface area contributed by atoms with Crippen molar-refractivity contribution in [2.75, 3.05) is 31.1 Å². The fourth-order valence-electron chi connectivity index (χ4n) is 4.79. The predicted octanol–water partition coefficient (Wildman–Crippen LogP) is 1.51. The first kappa shape index (κ1) is 26.4. The SMILES string of the molecule is Cc1cccc(N2CCC(CCC3CCN(C(=O)Oc4cncc(C(=O)O)c4)CC3)CC2)n1.[H-].[Na+]. The standard InChI is InChI=1S/C25H32N4O4.Na.H/c1-18-3-2-4-23(27-18)28-11-7-19(8-12-28)5-6-20-9-13-29(14-10-20)25(32)33-22-15-21(24(30)31)16-26-17-22;;/h2-4,15-17,19-20H,5-14H2,1H3,(H,30,31);;/q;+1;-1. The Morgan fingerprint density at radius 2 is 1.71 bits per heavy atom. The Morgan fingerprint density at radius 1 is 1.06 bits per heavy atom. The van der Waals surface area contributed by atoms with Gasteiger partial charge in [-0.1, -0.05) is 18.9 Å². The van der Waals surface area contributed by atoms with Crippen molar-refractivity contribution in [1.29, 1.82) is 0 Å². The first-order valence-corrected chi connectivity index (χ1v) is 11.8. The summed E-state index contributed by atoms with van der Waals surface area (Å²) in [4.78, 5) is 36.1. The van der Waals surface area contributed by atoms with E-state index in [4.69, 9.17) is 9.84 Å². The van der Waals surface area contributed by atoms with E-state index in [0.29, 0.717) is 19.0 Å². The number of anilines is 1. The molecule has 8 nitrogen and oxygen atoms in total. The molecule has 34 heavy (non-hydrogen) atoms. The maximum Gasteiger partial charge on any atom is 1.00 e. The molecule has 2 saturated heterocycles. The first-order chi connectivity index (χ1) is 16.0. The molecule has 2 aliphatic rings. The number of aromatic carboxylic acids is 1. The summed E-state index contributed by atoms with van der Waals surface area (Å²) in [6.07, 6.45) is 9.00. The van der Waals surface area contributed by atoms with Crippen LogP contribution in [0.5, 0.6) is 5.75 Å². The van der Waals surface area contributed by atoms with Gasteiger partial charge in [0.15, 0.2) is 5.75 Å². The summed E-state index contributed by atoms with van der Waals surface area (Å²) in [5, 5.41) is 9.05. The van der Waals surface area contributed by atoms with Gasteiger partial charge in [-0.25, -0.2) is 14.6 Å². The molecule has 1 N–H and O–H groups in total. The Balaban J connectivity index is 0.00000216. The van der Waals surface area contributed by atoms with Crippen LogP contribution in [-0.4, -0.2) is 58.2 Å². The van der Waals surface area contributed by atoms with E-state index in [1.165, 1.54) is 44.1 Å². The van der Waals surface area contributed by atoms with Crippen molar-refractivity contribution in [2.45, 2.75) is 45.4 Å². The van der Waals surface area contributed by atoms with E-state index in [1.807, 2.05) is 13.0 Å². The number of nitrogens with zero attached hydrogens (tertiary/aromatic N) is 4. The molecule has 0 atom stereocenters. The zero-order valence-corrected chi connectivity index (χ0v) is 22.2. The van der Waals surface area contributed by atoms with Crippen molar-refractivity contribution in [3.05, 3.63) is 47.9 Å². The second-order valence-corrected chi connectivity index (χ2v) is 9.16. The van der Waals surface area contributed by atoms with Crippen molar-refractivity contribution in [1.82, 2.24) is 14.9 Å². The Morgan fingerprint density at radius 3 is 2.32 bits per heavy atom. The van der Waals surface area contributed by atoms with Crippen LogP contribution >= 0.6 is 0 Å². The fraction of sp³-hybridized carbons (Fsp3) is 0.520. The molecule has 4 rings (SSSR count). The van der Waals surface area contributed by atoms with Gasteiger partial charge in [0.05, 0.1) is 11.8 Å². The second kappa shape index (κ2) is 12.5. The molecule has 2 aromatic heterocycles. The van der Waals surface area contributed by atoms with Crippen LogP contribution in [0.2, 0.25) is 0 Å². The van der Waals surface area contributed by atoms with Crippen molar-refractivity contribution < 1.29 is 50.4 Å². The molecule has 178 valence electrons. The predicted molar refractivity (Wildman–Crippen MR) is 126 cm³/mol. The maximum atomic E-state index is 12.4. The molecule has 4 heterocycles. The number of hydrogen-bond acceptors (Lipinski definition) is 6. The number of piperidine rings is 2. The van der Waals surface area contributed by atoms with Crippen LogP contribution in [0.1, 0.15) is 56.0 Å². The summed E-state index contributed by atoms with van der Waals surface area (Å²) in [5.41, 5.74) is 1.07. The van der Waals surface area contributed by atoms with Crippen LogP contribution in [0.3, 0.4) is 0 Å². The summed E-state index contributed by atoms with van der Waals surface area (Å²) >= 11 is 0. The molecule has 0 radical (unpaired) electrons. The first-order valence-electron chi connectivity index (χ1n) is 11.8. The molecule has 0 aromatic carbocycles. The van der Waals surface area contributed by atoms with E-state index in [-0.39, 0.29) is 42.3 Å². The monoisotopic (exact) mass is 476 g/mol. The average Bonchev–Trinajstić information content (AvgIpc) is 2.83. The number of amides is 1. The van der Waals surface area contributed by atoms with Crippen LogP contribution in [0.25, 0.3) is 0 Å². The minimum absolute atomic E-state index is 0. The molecule has 0 spiro atoms. The van der Waals surface area contributed by atoms with E-state index in [0.717, 1.165) is 43.4 Å². The number of rotatable bonds is 6. The molecular formula is C25H33N4NaO4. The minimum atomic E-state index is -1.10. The van der Waals surface area contributed by atoms with E-state index in [9.17, 15) is 9.59 Å². The largest absolute Gasteiger partial charge is 1.00 e. The van der Waals surface area contributed by atoms with E-state index < -0.39 is 12.1 Å². The molecule has 2 aliphatic heterocycles. The summed E-state index contributed by atoms with van der Waals surface area (Å²) in [7, 11) is 0. The van der Waals surface area contributed by atoms with E-state index in [2.05, 4.69) is 27.0 Å². The third kappa shape index (κ3) is 7.17. The number of hydrogen-bond donors (Lipinski definition) is 1. The molecule has 2 aromatic rings. The number of likely N-dealkylation sites (tertiary alicyclic amines) is 1.